The molecule has 0 unspecified atom stereocenters. The quantitative estimate of drug-likeness (QED) is 0.780. The number of aromatic carboxylic acids is 1. The largest absolute Gasteiger partial charge is 0.477 e. The van der Waals surface area contributed by atoms with Crippen LogP contribution in [0, 0.1) is 5.82 Å². The molecular weight excluding hydrogens is 261 g/mol. The second-order valence-electron chi connectivity index (χ2n) is 4.63. The highest BCUT2D eigenvalue weighted by Gasteiger charge is 2.18. The van der Waals surface area contributed by atoms with E-state index in [4.69, 9.17) is 5.11 Å². The van der Waals surface area contributed by atoms with E-state index in [0.717, 1.165) is 5.52 Å². The van der Waals surface area contributed by atoms with E-state index in [1.54, 1.807) is 23.9 Å². The number of carboxylic acids is 1. The maximum atomic E-state index is 14.0. The van der Waals surface area contributed by atoms with Crippen LogP contribution in [0.15, 0.2) is 30.5 Å². The fourth-order valence-electron chi connectivity index (χ4n) is 2.39. The summed E-state index contributed by atoms with van der Waals surface area (Å²) in [5.74, 6) is -1.41. The van der Waals surface area contributed by atoms with Gasteiger partial charge in [-0.05, 0) is 18.2 Å². The Morgan fingerprint density at radius 1 is 1.35 bits per heavy atom. The van der Waals surface area contributed by atoms with Crippen LogP contribution in [-0.2, 0) is 14.1 Å². The summed E-state index contributed by atoms with van der Waals surface area (Å²) in [6.07, 6.45) is 1.75. The Labute approximate surface area is 113 Å². The molecule has 6 heteroatoms. The van der Waals surface area contributed by atoms with E-state index in [2.05, 4.69) is 5.10 Å². The van der Waals surface area contributed by atoms with E-state index in [1.165, 1.54) is 16.8 Å². The molecule has 0 amide bonds. The Morgan fingerprint density at radius 2 is 2.10 bits per heavy atom. The van der Waals surface area contributed by atoms with E-state index in [-0.39, 0.29) is 11.5 Å². The highest BCUT2D eigenvalue weighted by molar-refractivity contribution is 5.97. The first kappa shape index (κ1) is 12.4. The van der Waals surface area contributed by atoms with Gasteiger partial charge in [-0.3, -0.25) is 4.68 Å². The SMILES string of the molecule is Cn1nc(-c2cn(C)c3cccc(F)c23)cc1C(=O)O. The van der Waals surface area contributed by atoms with Crippen molar-refractivity contribution in [1.29, 1.82) is 0 Å². The predicted octanol–water partition coefficient (Wildman–Crippen LogP) is 2.42. The second kappa shape index (κ2) is 4.19. The van der Waals surface area contributed by atoms with E-state index in [9.17, 15) is 9.18 Å². The molecule has 0 radical (unpaired) electrons. The minimum atomic E-state index is -1.06. The van der Waals surface area contributed by atoms with Gasteiger partial charge in [-0.1, -0.05) is 6.07 Å². The molecule has 3 aromatic rings. The molecular formula is C14H12FN3O2. The van der Waals surface area contributed by atoms with Crippen LogP contribution in [0.5, 0.6) is 0 Å². The number of aryl methyl sites for hydroxylation is 2. The van der Waals surface area contributed by atoms with Crippen LogP contribution in [0.25, 0.3) is 22.2 Å². The van der Waals surface area contributed by atoms with Crippen molar-refractivity contribution >= 4 is 16.9 Å². The third-order valence-electron chi connectivity index (χ3n) is 3.34. The fraction of sp³-hybridized carbons (Fsp3) is 0.143. The molecule has 102 valence electrons. The highest BCUT2D eigenvalue weighted by atomic mass is 19.1. The number of hydrogen-bond acceptors (Lipinski definition) is 2. The topological polar surface area (TPSA) is 60.0 Å². The van der Waals surface area contributed by atoms with Gasteiger partial charge in [0.15, 0.2) is 0 Å². The fourth-order valence-corrected chi connectivity index (χ4v) is 2.39. The van der Waals surface area contributed by atoms with Gasteiger partial charge in [0.25, 0.3) is 0 Å². The standard InChI is InChI=1S/C14H12FN3O2/c1-17-7-8(13-9(15)4-3-5-11(13)17)10-6-12(14(19)20)18(2)16-10/h3-7H,1-2H3,(H,19,20). The minimum Gasteiger partial charge on any atom is -0.477 e. The molecule has 0 aliphatic rings. The van der Waals surface area contributed by atoms with Crippen molar-refractivity contribution in [2.45, 2.75) is 0 Å². The van der Waals surface area contributed by atoms with E-state index < -0.39 is 5.97 Å². The molecule has 0 bridgehead atoms. The third-order valence-corrected chi connectivity index (χ3v) is 3.34. The smallest absolute Gasteiger partial charge is 0.354 e. The maximum absolute atomic E-state index is 14.0. The molecule has 0 spiro atoms. The summed E-state index contributed by atoms with van der Waals surface area (Å²) in [4.78, 5) is 11.1. The van der Waals surface area contributed by atoms with Gasteiger partial charge in [-0.15, -0.1) is 0 Å². The summed E-state index contributed by atoms with van der Waals surface area (Å²) in [5.41, 5.74) is 1.83. The van der Waals surface area contributed by atoms with Crippen LogP contribution in [-0.4, -0.2) is 25.4 Å². The van der Waals surface area contributed by atoms with Gasteiger partial charge in [-0.25, -0.2) is 9.18 Å². The van der Waals surface area contributed by atoms with Gasteiger partial charge < -0.3 is 9.67 Å². The van der Waals surface area contributed by atoms with Crippen molar-refractivity contribution in [3.8, 4) is 11.3 Å². The molecule has 1 aromatic carbocycles. The zero-order valence-corrected chi connectivity index (χ0v) is 11.0. The van der Waals surface area contributed by atoms with Crippen molar-refractivity contribution in [2.75, 3.05) is 0 Å². The lowest BCUT2D eigenvalue weighted by molar-refractivity contribution is 0.0685. The number of rotatable bonds is 2. The summed E-state index contributed by atoms with van der Waals surface area (Å²) in [7, 11) is 3.36. The van der Waals surface area contributed by atoms with Crippen LogP contribution in [0.2, 0.25) is 0 Å². The van der Waals surface area contributed by atoms with Crippen molar-refractivity contribution in [3.05, 3.63) is 42.0 Å². The molecule has 3 rings (SSSR count). The molecule has 0 aliphatic carbocycles. The molecule has 20 heavy (non-hydrogen) atoms. The van der Waals surface area contributed by atoms with Gasteiger partial charge in [0.1, 0.15) is 11.5 Å². The van der Waals surface area contributed by atoms with Gasteiger partial charge in [-0.2, -0.15) is 5.10 Å². The lowest BCUT2D eigenvalue weighted by atomic mass is 10.1. The van der Waals surface area contributed by atoms with Gasteiger partial charge in [0.2, 0.25) is 0 Å². The summed E-state index contributed by atoms with van der Waals surface area (Å²) in [6.45, 7) is 0. The van der Waals surface area contributed by atoms with Gasteiger partial charge in [0.05, 0.1) is 11.2 Å². The third kappa shape index (κ3) is 1.69. The molecule has 5 nitrogen and oxygen atoms in total. The van der Waals surface area contributed by atoms with Crippen molar-refractivity contribution < 1.29 is 14.3 Å². The lowest BCUT2D eigenvalue weighted by Gasteiger charge is -1.97. The Morgan fingerprint density at radius 3 is 2.75 bits per heavy atom. The lowest BCUT2D eigenvalue weighted by Crippen LogP contribution is -2.04. The normalized spacial score (nSPS) is 11.2. The number of benzene rings is 1. The van der Waals surface area contributed by atoms with Crippen molar-refractivity contribution in [3.63, 3.8) is 0 Å². The first-order valence-corrected chi connectivity index (χ1v) is 6.00. The number of aromatic nitrogens is 3. The average molecular weight is 273 g/mol. The summed E-state index contributed by atoms with van der Waals surface area (Å²) in [5, 5.41) is 13.7. The van der Waals surface area contributed by atoms with Crippen molar-refractivity contribution in [2.24, 2.45) is 14.1 Å². The molecule has 0 saturated heterocycles. The molecule has 2 aromatic heterocycles. The van der Waals surface area contributed by atoms with Crippen LogP contribution in [0.1, 0.15) is 10.5 Å². The Bertz CT molecular complexity index is 832. The zero-order valence-electron chi connectivity index (χ0n) is 11.0. The summed E-state index contributed by atoms with van der Waals surface area (Å²) < 4.78 is 17.1. The van der Waals surface area contributed by atoms with Crippen LogP contribution in [0.3, 0.4) is 0 Å². The first-order valence-electron chi connectivity index (χ1n) is 6.00. The number of hydrogen-bond donors (Lipinski definition) is 1. The monoisotopic (exact) mass is 273 g/mol. The van der Waals surface area contributed by atoms with E-state index in [1.807, 2.05) is 13.1 Å². The van der Waals surface area contributed by atoms with Gasteiger partial charge in [0, 0.05) is 31.2 Å². The van der Waals surface area contributed by atoms with Crippen LogP contribution >= 0.6 is 0 Å². The molecule has 0 saturated carbocycles. The average Bonchev–Trinajstić information content (AvgIpc) is 2.92. The molecule has 0 fully saturated rings. The number of halogens is 1. The van der Waals surface area contributed by atoms with E-state index >= 15 is 0 Å². The highest BCUT2D eigenvalue weighted by Crippen LogP contribution is 2.31. The minimum absolute atomic E-state index is 0.0633. The Kier molecular flexibility index (Phi) is 2.60. The maximum Gasteiger partial charge on any atom is 0.354 e. The number of nitrogens with zero attached hydrogens (tertiary/aromatic N) is 3. The number of carbonyl (C=O) groups is 1. The second-order valence-corrected chi connectivity index (χ2v) is 4.63. The molecule has 0 atom stereocenters. The van der Waals surface area contributed by atoms with Crippen LogP contribution < -0.4 is 0 Å². The Hall–Kier alpha value is -2.63. The summed E-state index contributed by atoms with van der Waals surface area (Å²) in [6, 6.07) is 6.28. The molecule has 1 N–H and O–H groups in total. The Balaban J connectivity index is 2.30. The number of carboxylic acid groups (broad SMARTS) is 1. The summed E-state index contributed by atoms with van der Waals surface area (Å²) >= 11 is 0. The molecule has 0 aliphatic heterocycles. The van der Waals surface area contributed by atoms with Crippen molar-refractivity contribution in [1.82, 2.24) is 14.3 Å². The zero-order chi connectivity index (χ0) is 14.4. The number of fused-ring (bicyclic) bond motifs is 1. The predicted molar refractivity (Wildman–Crippen MR) is 72.0 cm³/mol. The van der Waals surface area contributed by atoms with E-state index in [0.29, 0.717) is 16.6 Å². The first-order chi connectivity index (χ1) is 9.49. The molecule has 2 heterocycles. The van der Waals surface area contributed by atoms with Crippen LogP contribution in [0.4, 0.5) is 4.39 Å². The van der Waals surface area contributed by atoms with Gasteiger partial charge >= 0.3 is 5.97 Å².